The van der Waals surface area contributed by atoms with Gasteiger partial charge in [0, 0.05) is 25.1 Å². The molecule has 3 amide bonds. The first-order chi connectivity index (χ1) is 19.0. The number of rotatable bonds is 8. The Labute approximate surface area is 232 Å². The van der Waals surface area contributed by atoms with E-state index in [1.165, 1.54) is 6.07 Å². The third-order valence-corrected chi connectivity index (χ3v) is 7.49. The second-order valence-corrected chi connectivity index (χ2v) is 11.3. The van der Waals surface area contributed by atoms with Crippen LogP contribution in [0.3, 0.4) is 0 Å². The minimum absolute atomic E-state index is 0.0666. The minimum atomic E-state index is -1.03. The Morgan fingerprint density at radius 1 is 1.07 bits per heavy atom. The van der Waals surface area contributed by atoms with Crippen LogP contribution in [-0.2, 0) is 20.9 Å². The maximum absolute atomic E-state index is 13.7. The molecule has 4 atom stereocenters. The topological polar surface area (TPSA) is 114 Å². The zero-order valence-corrected chi connectivity index (χ0v) is 22.9. The summed E-state index contributed by atoms with van der Waals surface area (Å²) >= 11 is 0. The van der Waals surface area contributed by atoms with Gasteiger partial charge in [0.15, 0.2) is 11.6 Å². The van der Waals surface area contributed by atoms with Gasteiger partial charge in [-0.3, -0.25) is 9.59 Å². The average molecular weight is 559 g/mol. The molecule has 9 nitrogen and oxygen atoms in total. The third kappa shape index (κ3) is 6.70. The molecule has 2 aromatic carbocycles. The van der Waals surface area contributed by atoms with Crippen LogP contribution in [0.1, 0.15) is 32.8 Å². The summed E-state index contributed by atoms with van der Waals surface area (Å²) in [5.41, 5.74) is 6.65. The molecular formula is C29H36F2N4O5. The summed E-state index contributed by atoms with van der Waals surface area (Å²) < 4.78 is 38.1. The van der Waals surface area contributed by atoms with Gasteiger partial charge in [-0.05, 0) is 29.5 Å². The fraction of sp³-hybridized carbons (Fsp3) is 0.483. The molecule has 0 radical (unpaired) electrons. The van der Waals surface area contributed by atoms with Crippen molar-refractivity contribution in [2.45, 2.75) is 51.9 Å². The van der Waals surface area contributed by atoms with Crippen LogP contribution in [0.5, 0.6) is 5.75 Å². The number of amides is 3. The van der Waals surface area contributed by atoms with E-state index in [1.54, 1.807) is 9.80 Å². The fourth-order valence-corrected chi connectivity index (χ4v) is 5.24. The predicted octanol–water partition coefficient (Wildman–Crippen LogP) is 3.07. The quantitative estimate of drug-likeness (QED) is 0.515. The molecule has 2 heterocycles. The van der Waals surface area contributed by atoms with E-state index in [9.17, 15) is 23.2 Å². The zero-order valence-electron chi connectivity index (χ0n) is 22.9. The number of carbonyl (C=O) groups is 3. The van der Waals surface area contributed by atoms with E-state index in [4.69, 9.17) is 15.2 Å². The number of halogens is 2. The highest BCUT2D eigenvalue weighted by atomic mass is 19.2. The Balaban J connectivity index is 1.43. The van der Waals surface area contributed by atoms with E-state index in [-0.39, 0.29) is 61.9 Å². The molecule has 2 aliphatic heterocycles. The first-order valence-corrected chi connectivity index (χ1v) is 13.3. The molecule has 2 fully saturated rings. The van der Waals surface area contributed by atoms with E-state index in [0.29, 0.717) is 13.0 Å². The molecule has 11 heteroatoms. The van der Waals surface area contributed by atoms with Crippen LogP contribution in [0.2, 0.25) is 0 Å². The van der Waals surface area contributed by atoms with E-state index in [0.717, 1.165) is 17.7 Å². The predicted molar refractivity (Wildman–Crippen MR) is 143 cm³/mol. The summed E-state index contributed by atoms with van der Waals surface area (Å²) in [5.74, 6) is -2.72. The van der Waals surface area contributed by atoms with Crippen LogP contribution >= 0.6 is 0 Å². The molecule has 216 valence electrons. The van der Waals surface area contributed by atoms with Crippen LogP contribution in [0.15, 0.2) is 48.5 Å². The summed E-state index contributed by atoms with van der Waals surface area (Å²) in [7, 11) is 0. The maximum Gasteiger partial charge on any atom is 0.407 e. The number of carbonyl (C=O) groups excluding carboxylic acids is 3. The van der Waals surface area contributed by atoms with Gasteiger partial charge in [0.2, 0.25) is 11.8 Å². The molecule has 3 N–H and O–H groups in total. The van der Waals surface area contributed by atoms with Crippen LogP contribution in [0.4, 0.5) is 13.6 Å². The number of hydrogen-bond donors (Lipinski definition) is 2. The number of nitrogens with two attached hydrogens (primary N) is 1. The average Bonchev–Trinajstić information content (AvgIpc) is 3.51. The van der Waals surface area contributed by atoms with Gasteiger partial charge < -0.3 is 30.3 Å². The largest absolute Gasteiger partial charge is 0.493 e. The summed E-state index contributed by atoms with van der Waals surface area (Å²) in [6.07, 6.45) is -0.176. The van der Waals surface area contributed by atoms with Gasteiger partial charge in [-0.2, -0.15) is 0 Å². The Kier molecular flexibility index (Phi) is 8.92. The van der Waals surface area contributed by atoms with Crippen molar-refractivity contribution in [3.05, 3.63) is 65.7 Å². The lowest BCUT2D eigenvalue weighted by Crippen LogP contribution is -2.54. The van der Waals surface area contributed by atoms with Crippen molar-refractivity contribution in [1.82, 2.24) is 15.1 Å². The van der Waals surface area contributed by atoms with Crippen molar-refractivity contribution < 1.29 is 32.6 Å². The lowest BCUT2D eigenvalue weighted by atomic mass is 9.86. The molecule has 2 aliphatic rings. The number of ether oxygens (including phenoxy) is 2. The van der Waals surface area contributed by atoms with Gasteiger partial charge in [-0.25, -0.2) is 13.6 Å². The maximum atomic E-state index is 13.7. The van der Waals surface area contributed by atoms with Crippen molar-refractivity contribution in [2.75, 3.05) is 26.2 Å². The van der Waals surface area contributed by atoms with Gasteiger partial charge in [-0.1, -0.05) is 51.1 Å². The molecule has 2 saturated heterocycles. The van der Waals surface area contributed by atoms with E-state index < -0.39 is 29.2 Å². The Morgan fingerprint density at radius 3 is 2.48 bits per heavy atom. The molecule has 0 unspecified atom stereocenters. The van der Waals surface area contributed by atoms with Crippen LogP contribution < -0.4 is 15.8 Å². The van der Waals surface area contributed by atoms with Gasteiger partial charge in [0.05, 0.1) is 24.7 Å². The first-order valence-electron chi connectivity index (χ1n) is 13.3. The zero-order chi connectivity index (χ0) is 29.0. The molecule has 40 heavy (non-hydrogen) atoms. The van der Waals surface area contributed by atoms with E-state index in [1.807, 2.05) is 51.1 Å². The number of nitrogens with one attached hydrogen (secondary N) is 1. The molecule has 2 aromatic rings. The number of hydrogen-bond acceptors (Lipinski definition) is 6. The van der Waals surface area contributed by atoms with E-state index in [2.05, 4.69) is 5.32 Å². The molecule has 0 spiro atoms. The number of fused-ring (bicyclic) bond motifs is 1. The summed E-state index contributed by atoms with van der Waals surface area (Å²) in [6.45, 7) is 6.20. The van der Waals surface area contributed by atoms with Crippen LogP contribution in [0, 0.1) is 23.0 Å². The Hall–Kier alpha value is -3.73. The fourth-order valence-electron chi connectivity index (χ4n) is 5.24. The number of alkyl carbamates (subject to hydrolysis) is 1. The lowest BCUT2D eigenvalue weighted by molar-refractivity contribution is -0.137. The van der Waals surface area contributed by atoms with Crippen molar-refractivity contribution >= 4 is 17.9 Å². The lowest BCUT2D eigenvalue weighted by Gasteiger charge is -2.34. The standard InChI is InChI=1S/C29H36F2N4O5/c1-29(2,3)26(32)27(37)34-12-11-23-25(34)19(17-39-20-9-10-21(30)22(31)13-20)15-35(23)24(36)14-33-28(38)40-16-18-7-5-4-6-8-18/h4-10,13,19,23,25-26H,11-12,14-17,32H2,1-3H3,(H,33,38)/t19-,23-,25-,26-/m1/s1. The van der Waals surface area contributed by atoms with Gasteiger partial charge in [0.25, 0.3) is 0 Å². The first kappa shape index (κ1) is 29.3. The van der Waals surface area contributed by atoms with Crippen LogP contribution in [-0.4, -0.2) is 72.1 Å². The number of benzene rings is 2. The second kappa shape index (κ2) is 12.2. The number of likely N-dealkylation sites (tertiary alicyclic amines) is 2. The normalized spacial score (nSPS) is 21.1. The molecule has 0 saturated carbocycles. The summed E-state index contributed by atoms with van der Waals surface area (Å²) in [6, 6.07) is 11.0. The third-order valence-electron chi connectivity index (χ3n) is 7.49. The van der Waals surface area contributed by atoms with Crippen molar-refractivity contribution in [3.8, 4) is 5.75 Å². The highest BCUT2D eigenvalue weighted by Gasteiger charge is 2.52. The highest BCUT2D eigenvalue weighted by molar-refractivity contribution is 5.85. The summed E-state index contributed by atoms with van der Waals surface area (Å²) in [4.78, 5) is 42.2. The van der Waals surface area contributed by atoms with E-state index >= 15 is 0 Å². The second-order valence-electron chi connectivity index (χ2n) is 11.3. The molecule has 0 bridgehead atoms. The Bertz CT molecular complexity index is 1220. The summed E-state index contributed by atoms with van der Waals surface area (Å²) in [5, 5.41) is 2.50. The Morgan fingerprint density at radius 2 is 1.80 bits per heavy atom. The molecule has 4 rings (SSSR count). The molecule has 0 aromatic heterocycles. The van der Waals surface area contributed by atoms with Crippen molar-refractivity contribution in [2.24, 2.45) is 17.1 Å². The monoisotopic (exact) mass is 558 g/mol. The smallest absolute Gasteiger partial charge is 0.407 e. The SMILES string of the molecule is CC(C)(C)[C@H](N)C(=O)N1CC[C@@H]2[C@H]1[C@@H](COc1ccc(F)c(F)c1)CN2C(=O)CNC(=O)OCc1ccccc1. The number of nitrogens with zero attached hydrogens (tertiary/aromatic N) is 2. The van der Waals surface area contributed by atoms with Gasteiger partial charge in [-0.15, -0.1) is 0 Å². The van der Waals surface area contributed by atoms with Gasteiger partial charge in [0.1, 0.15) is 18.9 Å². The van der Waals surface area contributed by atoms with Gasteiger partial charge >= 0.3 is 6.09 Å². The van der Waals surface area contributed by atoms with Crippen molar-refractivity contribution in [1.29, 1.82) is 0 Å². The minimum Gasteiger partial charge on any atom is -0.493 e. The molecule has 0 aliphatic carbocycles. The molecular weight excluding hydrogens is 522 g/mol. The van der Waals surface area contributed by atoms with Crippen molar-refractivity contribution in [3.63, 3.8) is 0 Å². The van der Waals surface area contributed by atoms with Crippen LogP contribution in [0.25, 0.3) is 0 Å². The highest BCUT2D eigenvalue weighted by Crippen LogP contribution is 2.37.